The average molecular weight is 202 g/mol. The molecule has 1 aliphatic rings. The maximum atomic E-state index is 10.7. The number of nitrogens with zero attached hydrogens (tertiary/aromatic N) is 2. The van der Waals surface area contributed by atoms with Gasteiger partial charge in [-0.2, -0.15) is 0 Å². The second-order valence-electron chi connectivity index (χ2n) is 1.96. The zero-order valence-corrected chi connectivity index (χ0v) is 7.12. The first kappa shape index (κ1) is 7.51. The van der Waals surface area contributed by atoms with E-state index in [9.17, 15) is 4.79 Å². The number of amides is 1. The third kappa shape index (κ3) is 1.46. The molecule has 1 aliphatic heterocycles. The molecule has 4 heteroatoms. The van der Waals surface area contributed by atoms with Crippen molar-refractivity contribution < 1.29 is 4.79 Å². The summed E-state index contributed by atoms with van der Waals surface area (Å²) in [6.45, 7) is 4.62. The van der Waals surface area contributed by atoms with Crippen molar-refractivity contribution in [1.82, 2.24) is 4.90 Å². The molecule has 1 radical (unpaired) electrons. The standard InChI is InChI=1S/C6H7N2OSe/c1-2-3-8-4-5(9)7-6(8)10/h2H,1,3-4H2. The molecular weight excluding hydrogens is 195 g/mol. The van der Waals surface area contributed by atoms with Crippen molar-refractivity contribution in [3.63, 3.8) is 0 Å². The number of hydrogen-bond acceptors (Lipinski definition) is 2. The predicted octanol–water partition coefficient (Wildman–Crippen LogP) is -0.461. The van der Waals surface area contributed by atoms with Gasteiger partial charge in [0.15, 0.2) is 0 Å². The van der Waals surface area contributed by atoms with Crippen LogP contribution >= 0.6 is 0 Å². The molecule has 0 fully saturated rings. The van der Waals surface area contributed by atoms with Crippen LogP contribution in [0.1, 0.15) is 0 Å². The summed E-state index contributed by atoms with van der Waals surface area (Å²) in [5.74, 6) is -0.0874. The van der Waals surface area contributed by atoms with Crippen LogP contribution in [-0.2, 0) is 4.79 Å². The van der Waals surface area contributed by atoms with E-state index in [0.29, 0.717) is 17.8 Å². The van der Waals surface area contributed by atoms with Crippen LogP contribution in [0, 0.1) is 0 Å². The fourth-order valence-electron chi connectivity index (χ4n) is 0.742. The first-order chi connectivity index (χ1) is 4.74. The fourth-order valence-corrected chi connectivity index (χ4v) is 1.25. The van der Waals surface area contributed by atoms with E-state index in [0.717, 1.165) is 0 Å². The van der Waals surface area contributed by atoms with Crippen molar-refractivity contribution in [2.45, 2.75) is 0 Å². The van der Waals surface area contributed by atoms with Crippen molar-refractivity contribution in [1.29, 1.82) is 0 Å². The van der Waals surface area contributed by atoms with Gasteiger partial charge in [-0.15, -0.1) is 0 Å². The Kier molecular flexibility index (Phi) is 2.25. The summed E-state index contributed by atoms with van der Waals surface area (Å²) in [6, 6.07) is 0. The van der Waals surface area contributed by atoms with Gasteiger partial charge < -0.3 is 0 Å². The van der Waals surface area contributed by atoms with Crippen LogP contribution in [0.3, 0.4) is 0 Å². The van der Waals surface area contributed by atoms with Gasteiger partial charge in [0.25, 0.3) is 0 Å². The Balaban J connectivity index is 2.59. The maximum absolute atomic E-state index is 10.7. The first-order valence-corrected chi connectivity index (χ1v) is 3.74. The van der Waals surface area contributed by atoms with Crippen LogP contribution < -0.4 is 0 Å². The second-order valence-corrected chi connectivity index (χ2v) is 2.72. The number of hydrogen-bond donors (Lipinski definition) is 0. The van der Waals surface area contributed by atoms with E-state index in [2.05, 4.69) is 27.6 Å². The van der Waals surface area contributed by atoms with E-state index < -0.39 is 0 Å². The van der Waals surface area contributed by atoms with Crippen LogP contribution in [0.4, 0.5) is 0 Å². The molecule has 0 aliphatic carbocycles. The van der Waals surface area contributed by atoms with Gasteiger partial charge in [-0.3, -0.25) is 0 Å². The molecule has 0 bridgehead atoms. The summed E-state index contributed by atoms with van der Waals surface area (Å²) in [7, 11) is 0. The molecule has 3 nitrogen and oxygen atoms in total. The van der Waals surface area contributed by atoms with E-state index in [1.807, 2.05) is 4.90 Å². The number of rotatable bonds is 2. The van der Waals surface area contributed by atoms with Gasteiger partial charge in [-0.05, 0) is 0 Å². The predicted molar refractivity (Wildman–Crippen MR) is 40.0 cm³/mol. The van der Waals surface area contributed by atoms with Crippen LogP contribution in [0.15, 0.2) is 17.6 Å². The Morgan fingerprint density at radius 1 is 1.90 bits per heavy atom. The molecule has 10 heavy (non-hydrogen) atoms. The molecule has 1 heterocycles. The summed E-state index contributed by atoms with van der Waals surface area (Å²) in [5.41, 5.74) is 0. The molecule has 0 atom stereocenters. The van der Waals surface area contributed by atoms with E-state index in [4.69, 9.17) is 0 Å². The van der Waals surface area contributed by atoms with Gasteiger partial charge in [0, 0.05) is 0 Å². The molecule has 0 spiro atoms. The normalized spacial score (nSPS) is 17.4. The van der Waals surface area contributed by atoms with Gasteiger partial charge in [0.05, 0.1) is 0 Å². The van der Waals surface area contributed by atoms with Crippen LogP contribution in [-0.4, -0.2) is 44.6 Å². The van der Waals surface area contributed by atoms with Crippen LogP contribution in [0.25, 0.3) is 0 Å². The van der Waals surface area contributed by atoms with Crippen molar-refractivity contribution in [3.8, 4) is 0 Å². The molecule has 0 N–H and O–H groups in total. The van der Waals surface area contributed by atoms with E-state index in [1.54, 1.807) is 6.08 Å². The summed E-state index contributed by atoms with van der Waals surface area (Å²) >= 11 is 2.71. The van der Waals surface area contributed by atoms with Crippen molar-refractivity contribution in [2.24, 2.45) is 4.99 Å². The zero-order valence-electron chi connectivity index (χ0n) is 5.41. The van der Waals surface area contributed by atoms with Gasteiger partial charge in [0.1, 0.15) is 0 Å². The second kappa shape index (κ2) is 2.99. The summed E-state index contributed by atoms with van der Waals surface area (Å²) in [5, 5.41) is 0. The summed E-state index contributed by atoms with van der Waals surface area (Å²) in [4.78, 5) is 16.2. The molecule has 0 saturated carbocycles. The number of carbonyl (C=O) groups excluding carboxylic acids is 1. The molecule has 0 aromatic rings. The van der Waals surface area contributed by atoms with Gasteiger partial charge in [-0.25, -0.2) is 0 Å². The number of amidine groups is 1. The minimum absolute atomic E-state index is 0.0874. The molecule has 1 amide bonds. The fraction of sp³-hybridized carbons (Fsp3) is 0.333. The topological polar surface area (TPSA) is 32.7 Å². The van der Waals surface area contributed by atoms with Gasteiger partial charge in [-0.1, -0.05) is 0 Å². The third-order valence-electron chi connectivity index (χ3n) is 1.17. The SMILES string of the molecule is C=CCN1CC(=O)N=C1[Se]. The summed E-state index contributed by atoms with van der Waals surface area (Å²) < 4.78 is 0.671. The molecular formula is C6H7N2OSe. The Hall–Kier alpha value is -0.601. The molecule has 0 aromatic heterocycles. The monoisotopic (exact) mass is 203 g/mol. The molecule has 0 saturated heterocycles. The molecule has 1 rings (SSSR count). The molecule has 0 unspecified atom stereocenters. The Morgan fingerprint density at radius 2 is 2.60 bits per heavy atom. The molecule has 0 aromatic carbocycles. The average Bonchev–Trinajstić information content (AvgIpc) is 2.13. The van der Waals surface area contributed by atoms with E-state index in [1.165, 1.54) is 0 Å². The van der Waals surface area contributed by atoms with Gasteiger partial charge >= 0.3 is 67.1 Å². The zero-order chi connectivity index (χ0) is 7.56. The number of carbonyl (C=O) groups is 1. The minimum atomic E-state index is -0.0874. The van der Waals surface area contributed by atoms with E-state index in [-0.39, 0.29) is 5.91 Å². The molecule has 53 valence electrons. The quantitative estimate of drug-likeness (QED) is 0.448. The van der Waals surface area contributed by atoms with Crippen molar-refractivity contribution >= 4 is 26.7 Å². The van der Waals surface area contributed by atoms with Gasteiger partial charge in [0.2, 0.25) is 0 Å². The third-order valence-corrected chi connectivity index (χ3v) is 1.90. The summed E-state index contributed by atoms with van der Waals surface area (Å²) in [6.07, 6.45) is 1.74. The Morgan fingerprint density at radius 3 is 3.00 bits per heavy atom. The first-order valence-electron chi connectivity index (χ1n) is 2.88. The Bertz CT molecular complexity index is 200. The Labute approximate surface area is 67.6 Å². The van der Waals surface area contributed by atoms with Crippen molar-refractivity contribution in [3.05, 3.63) is 12.7 Å². The van der Waals surface area contributed by atoms with Crippen LogP contribution in [0.5, 0.6) is 0 Å². The van der Waals surface area contributed by atoms with Crippen LogP contribution in [0.2, 0.25) is 0 Å². The number of aliphatic imine (C=N–C) groups is 1. The van der Waals surface area contributed by atoms with Crippen molar-refractivity contribution in [2.75, 3.05) is 13.1 Å². The van der Waals surface area contributed by atoms with E-state index >= 15 is 0 Å².